The average molecular weight is 365 g/mol. The van der Waals surface area contributed by atoms with Gasteiger partial charge in [0.05, 0.1) is 17.1 Å². The van der Waals surface area contributed by atoms with Gasteiger partial charge >= 0.3 is 0 Å². The second-order valence-electron chi connectivity index (χ2n) is 5.74. The number of fused-ring (bicyclic) bond motifs is 1. The highest BCUT2D eigenvalue weighted by atomic mass is 35.5. The van der Waals surface area contributed by atoms with Crippen LogP contribution in [0.3, 0.4) is 0 Å². The summed E-state index contributed by atoms with van der Waals surface area (Å²) in [5.41, 5.74) is 0.687. The van der Waals surface area contributed by atoms with E-state index in [1.165, 1.54) is 11.8 Å². The molecule has 1 aliphatic heterocycles. The first kappa shape index (κ1) is 16.9. The molecule has 1 aliphatic rings. The molecule has 0 aliphatic carbocycles. The minimum absolute atomic E-state index is 0.0852. The van der Waals surface area contributed by atoms with Crippen molar-refractivity contribution in [1.82, 2.24) is 9.78 Å². The Hall–Kier alpha value is -1.99. The number of anilines is 2. The van der Waals surface area contributed by atoms with Crippen LogP contribution in [-0.4, -0.2) is 26.8 Å². The Morgan fingerprint density at radius 2 is 2.25 bits per heavy atom. The molecular weight excluding hydrogens is 348 g/mol. The molecular formula is C16H17ClN4O2S. The summed E-state index contributed by atoms with van der Waals surface area (Å²) in [4.78, 5) is 25.4. The summed E-state index contributed by atoms with van der Waals surface area (Å²) in [6.45, 7) is 3.96. The molecule has 3 rings (SSSR count). The molecule has 0 bridgehead atoms. The average Bonchev–Trinajstić information content (AvgIpc) is 2.96. The van der Waals surface area contributed by atoms with Crippen LogP contribution >= 0.6 is 23.4 Å². The maximum absolute atomic E-state index is 12.3. The van der Waals surface area contributed by atoms with Crippen molar-refractivity contribution in [2.75, 3.05) is 10.6 Å². The molecule has 1 atom stereocenters. The summed E-state index contributed by atoms with van der Waals surface area (Å²) >= 11 is 7.30. The highest BCUT2D eigenvalue weighted by Gasteiger charge is 2.29. The van der Waals surface area contributed by atoms with Crippen molar-refractivity contribution in [3.8, 4) is 0 Å². The van der Waals surface area contributed by atoms with E-state index in [1.54, 1.807) is 29.1 Å². The molecule has 24 heavy (non-hydrogen) atoms. The molecule has 0 spiro atoms. The zero-order valence-electron chi connectivity index (χ0n) is 13.2. The third kappa shape index (κ3) is 3.57. The summed E-state index contributed by atoms with van der Waals surface area (Å²) in [5, 5.41) is 9.88. The third-order valence-electron chi connectivity index (χ3n) is 3.56. The summed E-state index contributed by atoms with van der Waals surface area (Å²) in [7, 11) is 0. The van der Waals surface area contributed by atoms with Crippen molar-refractivity contribution in [3.63, 3.8) is 0 Å². The Labute approximate surface area is 148 Å². The number of aromatic nitrogens is 2. The van der Waals surface area contributed by atoms with Crippen LogP contribution in [0.2, 0.25) is 5.02 Å². The molecule has 1 aromatic carbocycles. The summed E-state index contributed by atoms with van der Waals surface area (Å²) in [5.74, 6) is 0.216. The van der Waals surface area contributed by atoms with Crippen LogP contribution in [0.15, 0.2) is 35.4 Å². The lowest BCUT2D eigenvalue weighted by atomic mass is 10.2. The second kappa shape index (κ2) is 6.86. The lowest BCUT2D eigenvalue weighted by Crippen LogP contribution is -2.32. The third-order valence-corrected chi connectivity index (χ3v) is 5.07. The molecule has 6 nitrogen and oxygen atoms in total. The molecule has 0 fully saturated rings. The van der Waals surface area contributed by atoms with Crippen molar-refractivity contribution in [3.05, 3.63) is 35.5 Å². The minimum Gasteiger partial charge on any atom is -0.324 e. The molecule has 8 heteroatoms. The molecule has 2 aromatic rings. The van der Waals surface area contributed by atoms with Gasteiger partial charge in [-0.05, 0) is 32.0 Å². The fraction of sp³-hybridized carbons (Fsp3) is 0.312. The number of nitrogens with one attached hydrogen (secondary N) is 2. The first-order valence-electron chi connectivity index (χ1n) is 7.54. The van der Waals surface area contributed by atoms with Gasteiger partial charge in [0, 0.05) is 28.4 Å². The molecule has 126 valence electrons. The van der Waals surface area contributed by atoms with Crippen LogP contribution in [0, 0.1) is 0 Å². The molecule has 1 aromatic heterocycles. The molecule has 2 amide bonds. The van der Waals surface area contributed by atoms with Crippen molar-refractivity contribution in [1.29, 1.82) is 0 Å². The van der Waals surface area contributed by atoms with E-state index in [2.05, 4.69) is 15.7 Å². The Bertz CT molecular complexity index is 790. The Morgan fingerprint density at radius 3 is 3.00 bits per heavy atom. The number of thioether (sulfide) groups is 1. The predicted octanol–water partition coefficient (Wildman–Crippen LogP) is 3.56. The molecule has 2 heterocycles. The van der Waals surface area contributed by atoms with Crippen LogP contribution < -0.4 is 10.6 Å². The standard InChI is InChI=1S/C16H17ClN4O2S/c1-9(2)21-14(5-6-18-21)20-15(22)8-13-16(23)19-11-7-10(17)3-4-12(11)24-13/h3-7,9,13H,8H2,1-2H3,(H,19,23)(H,20,22). The van der Waals surface area contributed by atoms with Crippen molar-refractivity contribution >= 4 is 46.7 Å². The van der Waals surface area contributed by atoms with Gasteiger partial charge < -0.3 is 10.6 Å². The fourth-order valence-corrected chi connectivity index (χ4v) is 3.71. The zero-order chi connectivity index (χ0) is 17.3. The number of rotatable bonds is 4. The van der Waals surface area contributed by atoms with Crippen LogP contribution in [0.5, 0.6) is 0 Å². The number of hydrogen-bond donors (Lipinski definition) is 2. The van der Waals surface area contributed by atoms with Gasteiger partial charge in [-0.2, -0.15) is 5.10 Å². The number of carbonyl (C=O) groups is 2. The number of amides is 2. The normalized spacial score (nSPS) is 16.7. The number of nitrogens with zero attached hydrogens (tertiary/aromatic N) is 2. The lowest BCUT2D eigenvalue weighted by molar-refractivity contribution is -0.120. The van der Waals surface area contributed by atoms with E-state index in [4.69, 9.17) is 11.6 Å². The number of halogens is 1. The SMILES string of the molecule is CC(C)n1nccc1NC(=O)CC1Sc2ccc(Cl)cc2NC1=O. The summed E-state index contributed by atoms with van der Waals surface area (Å²) < 4.78 is 1.73. The van der Waals surface area contributed by atoms with E-state index in [9.17, 15) is 9.59 Å². The smallest absolute Gasteiger partial charge is 0.238 e. The topological polar surface area (TPSA) is 76.0 Å². The Kier molecular flexibility index (Phi) is 4.82. The summed E-state index contributed by atoms with van der Waals surface area (Å²) in [6.07, 6.45) is 1.72. The number of carbonyl (C=O) groups excluding carboxylic acids is 2. The molecule has 0 saturated carbocycles. The molecule has 0 saturated heterocycles. The van der Waals surface area contributed by atoms with E-state index in [0.29, 0.717) is 16.5 Å². The van der Waals surface area contributed by atoms with Crippen LogP contribution in [-0.2, 0) is 9.59 Å². The summed E-state index contributed by atoms with van der Waals surface area (Å²) in [6, 6.07) is 7.20. The zero-order valence-corrected chi connectivity index (χ0v) is 14.8. The minimum atomic E-state index is -0.478. The van der Waals surface area contributed by atoms with Crippen molar-refractivity contribution in [2.45, 2.75) is 36.5 Å². The number of hydrogen-bond acceptors (Lipinski definition) is 4. The number of benzene rings is 1. The van der Waals surface area contributed by atoms with E-state index in [-0.39, 0.29) is 24.3 Å². The highest BCUT2D eigenvalue weighted by molar-refractivity contribution is 8.01. The van der Waals surface area contributed by atoms with Gasteiger partial charge in [-0.25, -0.2) is 4.68 Å². The fourth-order valence-electron chi connectivity index (χ4n) is 2.44. The van der Waals surface area contributed by atoms with E-state index in [0.717, 1.165) is 4.90 Å². The molecule has 2 N–H and O–H groups in total. The maximum atomic E-state index is 12.3. The van der Waals surface area contributed by atoms with Crippen LogP contribution in [0.4, 0.5) is 11.5 Å². The van der Waals surface area contributed by atoms with Crippen molar-refractivity contribution in [2.24, 2.45) is 0 Å². The van der Waals surface area contributed by atoms with Gasteiger partial charge in [-0.1, -0.05) is 11.6 Å². The van der Waals surface area contributed by atoms with E-state index < -0.39 is 5.25 Å². The van der Waals surface area contributed by atoms with Gasteiger partial charge in [0.1, 0.15) is 5.82 Å². The van der Waals surface area contributed by atoms with Gasteiger partial charge in [-0.15, -0.1) is 11.8 Å². The van der Waals surface area contributed by atoms with Crippen molar-refractivity contribution < 1.29 is 9.59 Å². The quantitative estimate of drug-likeness (QED) is 0.869. The van der Waals surface area contributed by atoms with E-state index >= 15 is 0 Å². The Morgan fingerprint density at radius 1 is 1.46 bits per heavy atom. The maximum Gasteiger partial charge on any atom is 0.238 e. The monoisotopic (exact) mass is 364 g/mol. The van der Waals surface area contributed by atoms with Gasteiger partial charge in [-0.3, -0.25) is 9.59 Å². The highest BCUT2D eigenvalue weighted by Crippen LogP contribution is 2.38. The first-order chi connectivity index (χ1) is 11.4. The molecule has 0 radical (unpaired) electrons. The first-order valence-corrected chi connectivity index (χ1v) is 8.80. The molecule has 1 unspecified atom stereocenters. The van der Waals surface area contributed by atoms with Gasteiger partial charge in [0.25, 0.3) is 0 Å². The Balaban J connectivity index is 1.67. The van der Waals surface area contributed by atoms with Crippen LogP contribution in [0.1, 0.15) is 26.3 Å². The predicted molar refractivity (Wildman–Crippen MR) is 95.6 cm³/mol. The largest absolute Gasteiger partial charge is 0.324 e. The van der Waals surface area contributed by atoms with Gasteiger partial charge in [0.15, 0.2) is 0 Å². The second-order valence-corrected chi connectivity index (χ2v) is 7.42. The lowest BCUT2D eigenvalue weighted by Gasteiger charge is -2.24. The van der Waals surface area contributed by atoms with E-state index in [1.807, 2.05) is 19.9 Å². The van der Waals surface area contributed by atoms with Crippen LogP contribution in [0.25, 0.3) is 0 Å². The van der Waals surface area contributed by atoms with Gasteiger partial charge in [0.2, 0.25) is 11.8 Å².